The second-order valence-electron chi connectivity index (χ2n) is 19.9. The Labute approximate surface area is 400 Å². The van der Waals surface area contributed by atoms with Crippen LogP contribution < -0.4 is 5.32 Å². The number of amides is 1. The van der Waals surface area contributed by atoms with Crippen molar-refractivity contribution in [1.29, 1.82) is 0 Å². The number of aliphatic hydroxyl groups is 3. The lowest BCUT2D eigenvalue weighted by Crippen LogP contribution is -2.45. The number of aliphatic hydroxyl groups excluding tert-OH is 3. The van der Waals surface area contributed by atoms with E-state index in [0.29, 0.717) is 6.42 Å². The lowest BCUT2D eigenvalue weighted by molar-refractivity contribution is -0.124. The van der Waals surface area contributed by atoms with E-state index in [4.69, 9.17) is 0 Å². The average molecular weight is 901 g/mol. The highest BCUT2D eigenvalue weighted by atomic mass is 16.3. The Morgan fingerprint density at radius 2 is 0.703 bits per heavy atom. The second kappa shape index (κ2) is 54.2. The van der Waals surface area contributed by atoms with Gasteiger partial charge in [0.25, 0.3) is 0 Å². The molecule has 3 unspecified atom stereocenters. The molecule has 0 aliphatic heterocycles. The van der Waals surface area contributed by atoms with Gasteiger partial charge in [0.05, 0.1) is 31.3 Å². The number of rotatable bonds is 53. The van der Waals surface area contributed by atoms with Gasteiger partial charge in [0.1, 0.15) is 0 Å². The van der Waals surface area contributed by atoms with Crippen LogP contribution in [0.1, 0.15) is 309 Å². The molecule has 0 aromatic carbocycles. The Balaban J connectivity index is 3.57. The third-order valence-electron chi connectivity index (χ3n) is 13.4. The summed E-state index contributed by atoms with van der Waals surface area (Å²) in [6.45, 7) is 4.25. The van der Waals surface area contributed by atoms with Crippen LogP contribution in [-0.4, -0.2) is 46.1 Å². The van der Waals surface area contributed by atoms with Crippen LogP contribution in [0.25, 0.3) is 0 Å². The molecule has 4 N–H and O–H groups in total. The standard InChI is InChI=1S/C59H113NO4/c1-3-5-7-9-11-13-15-17-19-21-23-25-27-28-29-30-31-32-34-36-38-40-42-44-46-48-50-52-56(62)54-59(64)60-57(55-61)58(63)53-51-49-47-45-43-41-39-37-35-33-26-24-22-20-18-16-14-12-10-8-6-4-2/h23,25,28-29,51,53,56-58,61-63H,3-22,24,26-27,30-50,52,54-55H2,1-2H3,(H,60,64)/b25-23-,29-28-,53-51+. The van der Waals surface area contributed by atoms with E-state index in [9.17, 15) is 20.1 Å². The van der Waals surface area contributed by atoms with Gasteiger partial charge in [-0.25, -0.2) is 0 Å². The minimum atomic E-state index is -0.930. The summed E-state index contributed by atoms with van der Waals surface area (Å²) < 4.78 is 0. The Morgan fingerprint density at radius 3 is 1.03 bits per heavy atom. The largest absolute Gasteiger partial charge is 0.394 e. The third-order valence-corrected chi connectivity index (χ3v) is 13.4. The summed E-state index contributed by atoms with van der Waals surface area (Å²) in [7, 11) is 0. The van der Waals surface area contributed by atoms with Gasteiger partial charge >= 0.3 is 0 Å². The Morgan fingerprint density at radius 1 is 0.406 bits per heavy atom. The van der Waals surface area contributed by atoms with Crippen LogP contribution in [0.3, 0.4) is 0 Å². The maximum absolute atomic E-state index is 12.5. The lowest BCUT2D eigenvalue weighted by atomic mass is 10.0. The molecule has 3 atom stereocenters. The molecule has 1 amide bonds. The monoisotopic (exact) mass is 900 g/mol. The highest BCUT2D eigenvalue weighted by Gasteiger charge is 2.20. The van der Waals surface area contributed by atoms with Gasteiger partial charge in [-0.3, -0.25) is 4.79 Å². The van der Waals surface area contributed by atoms with Crippen molar-refractivity contribution in [3.63, 3.8) is 0 Å². The number of unbranched alkanes of at least 4 members (excludes halogenated alkanes) is 40. The van der Waals surface area contributed by atoms with Crippen LogP contribution in [-0.2, 0) is 4.79 Å². The molecule has 0 rings (SSSR count). The van der Waals surface area contributed by atoms with Gasteiger partial charge in [-0.2, -0.15) is 0 Å². The van der Waals surface area contributed by atoms with Crippen LogP contribution in [0.15, 0.2) is 36.5 Å². The lowest BCUT2D eigenvalue weighted by Gasteiger charge is -2.21. The van der Waals surface area contributed by atoms with E-state index in [1.54, 1.807) is 6.08 Å². The maximum Gasteiger partial charge on any atom is 0.222 e. The molecule has 378 valence electrons. The summed E-state index contributed by atoms with van der Waals surface area (Å²) in [4.78, 5) is 12.5. The number of allylic oxidation sites excluding steroid dienone is 5. The summed E-state index contributed by atoms with van der Waals surface area (Å²) in [6, 6.07) is -0.746. The van der Waals surface area contributed by atoms with Crippen LogP contribution in [0.4, 0.5) is 0 Å². The second-order valence-corrected chi connectivity index (χ2v) is 19.9. The average Bonchev–Trinajstić information content (AvgIpc) is 3.29. The van der Waals surface area contributed by atoms with Gasteiger partial charge < -0.3 is 20.6 Å². The van der Waals surface area contributed by atoms with Crippen molar-refractivity contribution in [2.75, 3.05) is 6.61 Å². The SMILES string of the molecule is CCCCCCCCCCC/C=C\C/C=C\CCCCCCCCCCCCCC(O)CC(=O)NC(CO)C(O)/C=C/CCCCCCCCCCCCCCCCCCCCCC. The van der Waals surface area contributed by atoms with Crippen LogP contribution in [0, 0.1) is 0 Å². The van der Waals surface area contributed by atoms with Crippen LogP contribution in [0.2, 0.25) is 0 Å². The minimum Gasteiger partial charge on any atom is -0.394 e. The molecule has 0 spiro atoms. The molecule has 0 saturated heterocycles. The molecule has 64 heavy (non-hydrogen) atoms. The topological polar surface area (TPSA) is 89.8 Å². The highest BCUT2D eigenvalue weighted by molar-refractivity contribution is 5.76. The first-order valence-electron chi connectivity index (χ1n) is 28.8. The van der Waals surface area contributed by atoms with Gasteiger partial charge in [-0.15, -0.1) is 0 Å². The van der Waals surface area contributed by atoms with Crippen molar-refractivity contribution in [1.82, 2.24) is 5.32 Å². The summed E-state index contributed by atoms with van der Waals surface area (Å²) in [6.07, 6.45) is 70.5. The van der Waals surface area contributed by atoms with E-state index >= 15 is 0 Å². The first-order valence-corrected chi connectivity index (χ1v) is 28.8. The molecule has 0 saturated carbocycles. The van der Waals surface area contributed by atoms with Gasteiger partial charge in [-0.1, -0.05) is 288 Å². The Bertz CT molecular complexity index is 993. The Kier molecular flexibility index (Phi) is 53.0. The molecule has 0 aromatic rings. The van der Waals surface area contributed by atoms with E-state index in [1.807, 2.05) is 6.08 Å². The van der Waals surface area contributed by atoms with Gasteiger partial charge in [0, 0.05) is 0 Å². The van der Waals surface area contributed by atoms with E-state index in [2.05, 4.69) is 43.5 Å². The molecule has 0 radical (unpaired) electrons. The van der Waals surface area contributed by atoms with E-state index < -0.39 is 18.2 Å². The van der Waals surface area contributed by atoms with Crippen molar-refractivity contribution in [2.45, 2.75) is 327 Å². The van der Waals surface area contributed by atoms with Crippen molar-refractivity contribution >= 4 is 5.91 Å². The fourth-order valence-electron chi connectivity index (χ4n) is 9.02. The highest BCUT2D eigenvalue weighted by Crippen LogP contribution is 2.17. The van der Waals surface area contributed by atoms with Crippen LogP contribution >= 0.6 is 0 Å². The normalized spacial score (nSPS) is 13.5. The molecular weight excluding hydrogens is 787 g/mol. The van der Waals surface area contributed by atoms with Crippen molar-refractivity contribution in [3.05, 3.63) is 36.5 Å². The predicted octanol–water partition coefficient (Wildman–Crippen LogP) is 17.8. The number of carbonyl (C=O) groups is 1. The summed E-state index contributed by atoms with van der Waals surface area (Å²) >= 11 is 0. The molecule has 0 heterocycles. The van der Waals surface area contributed by atoms with Gasteiger partial charge in [0.2, 0.25) is 5.91 Å². The fourth-order valence-corrected chi connectivity index (χ4v) is 9.02. The summed E-state index contributed by atoms with van der Waals surface area (Å²) in [5, 5.41) is 33.5. The zero-order valence-corrected chi connectivity index (χ0v) is 43.2. The molecule has 5 nitrogen and oxygen atoms in total. The zero-order valence-electron chi connectivity index (χ0n) is 43.2. The number of nitrogens with one attached hydrogen (secondary N) is 1. The first-order chi connectivity index (χ1) is 31.5. The van der Waals surface area contributed by atoms with E-state index in [1.165, 1.54) is 250 Å². The maximum atomic E-state index is 12.5. The number of hydrogen-bond donors (Lipinski definition) is 4. The molecule has 0 aromatic heterocycles. The quantitative estimate of drug-likeness (QED) is 0.0362. The summed E-state index contributed by atoms with van der Waals surface area (Å²) in [5.74, 6) is -0.313. The van der Waals surface area contributed by atoms with E-state index in [-0.39, 0.29) is 18.9 Å². The first kappa shape index (κ1) is 62.6. The number of carbonyl (C=O) groups excluding carboxylic acids is 1. The van der Waals surface area contributed by atoms with Crippen molar-refractivity contribution in [3.8, 4) is 0 Å². The fraction of sp³-hybridized carbons (Fsp3) is 0.881. The number of hydrogen-bond acceptors (Lipinski definition) is 4. The predicted molar refractivity (Wildman–Crippen MR) is 282 cm³/mol. The van der Waals surface area contributed by atoms with Gasteiger partial charge in [0.15, 0.2) is 0 Å². The van der Waals surface area contributed by atoms with E-state index in [0.717, 1.165) is 32.1 Å². The smallest absolute Gasteiger partial charge is 0.222 e. The van der Waals surface area contributed by atoms with Gasteiger partial charge in [-0.05, 0) is 51.4 Å². The molecule has 0 aliphatic carbocycles. The third kappa shape index (κ3) is 50.0. The molecule has 5 heteroatoms. The molecule has 0 bridgehead atoms. The minimum absolute atomic E-state index is 0.0133. The summed E-state index contributed by atoms with van der Waals surface area (Å²) in [5.41, 5.74) is 0. The van der Waals surface area contributed by atoms with Crippen LogP contribution in [0.5, 0.6) is 0 Å². The zero-order chi connectivity index (χ0) is 46.5. The van der Waals surface area contributed by atoms with Crippen molar-refractivity contribution in [2.24, 2.45) is 0 Å². The molecule has 0 aliphatic rings. The Hall–Kier alpha value is -1.43. The molecular formula is C59H113NO4. The van der Waals surface area contributed by atoms with Crippen molar-refractivity contribution < 1.29 is 20.1 Å². The molecule has 0 fully saturated rings.